The molecule has 0 spiro atoms. The Kier molecular flexibility index (Phi) is 4.14. The first-order chi connectivity index (χ1) is 7.65. The van der Waals surface area contributed by atoms with Gasteiger partial charge in [0, 0.05) is 21.6 Å². The van der Waals surface area contributed by atoms with E-state index in [1.54, 1.807) is 11.3 Å². The zero-order valence-corrected chi connectivity index (χ0v) is 12.1. The van der Waals surface area contributed by atoms with Crippen LogP contribution >= 0.6 is 50.5 Å². The first kappa shape index (κ1) is 12.2. The summed E-state index contributed by atoms with van der Waals surface area (Å²) in [6, 6.07) is 9.68. The van der Waals surface area contributed by atoms with Crippen molar-refractivity contribution in [1.29, 1.82) is 0 Å². The van der Waals surface area contributed by atoms with Gasteiger partial charge in [0.2, 0.25) is 0 Å². The van der Waals surface area contributed by atoms with Gasteiger partial charge in [-0.1, -0.05) is 23.2 Å². The Labute approximate surface area is 117 Å². The van der Waals surface area contributed by atoms with Crippen molar-refractivity contribution in [2.24, 2.45) is 0 Å². The van der Waals surface area contributed by atoms with Crippen molar-refractivity contribution in [3.63, 3.8) is 0 Å². The SMILES string of the molecule is Clc1ccc(CNc2ccc(Cl)c(Br)c2)s1. The minimum atomic E-state index is 0.713. The maximum absolute atomic E-state index is 5.91. The number of halogens is 3. The molecule has 1 heterocycles. The molecule has 2 rings (SSSR count). The zero-order valence-electron chi connectivity index (χ0n) is 8.14. The number of rotatable bonds is 3. The van der Waals surface area contributed by atoms with E-state index in [-0.39, 0.29) is 0 Å². The molecule has 0 aliphatic rings. The molecule has 16 heavy (non-hydrogen) atoms. The highest BCUT2D eigenvalue weighted by molar-refractivity contribution is 9.10. The van der Waals surface area contributed by atoms with Crippen LogP contribution in [0.1, 0.15) is 4.88 Å². The second kappa shape index (κ2) is 5.41. The molecule has 1 nitrogen and oxygen atoms in total. The van der Waals surface area contributed by atoms with Crippen LogP contribution in [0.15, 0.2) is 34.8 Å². The summed E-state index contributed by atoms with van der Waals surface area (Å²) in [6.45, 7) is 0.769. The molecule has 0 fully saturated rings. The minimum Gasteiger partial charge on any atom is -0.380 e. The van der Waals surface area contributed by atoms with E-state index in [9.17, 15) is 0 Å². The van der Waals surface area contributed by atoms with E-state index < -0.39 is 0 Å². The summed E-state index contributed by atoms with van der Waals surface area (Å²) in [5.74, 6) is 0. The third-order valence-corrected chi connectivity index (χ3v) is 4.46. The van der Waals surface area contributed by atoms with Crippen LogP contribution in [0.3, 0.4) is 0 Å². The van der Waals surface area contributed by atoms with Crippen LogP contribution in [0.4, 0.5) is 5.69 Å². The number of anilines is 1. The Hall–Kier alpha value is -0.220. The zero-order chi connectivity index (χ0) is 11.5. The van der Waals surface area contributed by atoms with Gasteiger partial charge in [-0.25, -0.2) is 0 Å². The minimum absolute atomic E-state index is 0.713. The van der Waals surface area contributed by atoms with Gasteiger partial charge in [-0.3, -0.25) is 0 Å². The van der Waals surface area contributed by atoms with Crippen LogP contribution in [0.5, 0.6) is 0 Å². The monoisotopic (exact) mass is 335 g/mol. The smallest absolute Gasteiger partial charge is 0.0931 e. The van der Waals surface area contributed by atoms with Gasteiger partial charge in [-0.05, 0) is 46.3 Å². The number of benzene rings is 1. The number of thiophene rings is 1. The second-order valence-corrected chi connectivity index (χ2v) is 6.25. The van der Waals surface area contributed by atoms with Crippen molar-refractivity contribution in [2.45, 2.75) is 6.54 Å². The summed E-state index contributed by atoms with van der Waals surface area (Å²) in [5.41, 5.74) is 1.03. The maximum Gasteiger partial charge on any atom is 0.0931 e. The molecule has 0 aliphatic heterocycles. The van der Waals surface area contributed by atoms with Crippen LogP contribution < -0.4 is 5.32 Å². The lowest BCUT2D eigenvalue weighted by Crippen LogP contribution is -1.96. The van der Waals surface area contributed by atoms with Gasteiger partial charge < -0.3 is 5.32 Å². The molecular formula is C11H8BrCl2NS. The van der Waals surface area contributed by atoms with Crippen molar-refractivity contribution >= 4 is 56.2 Å². The highest BCUT2D eigenvalue weighted by Crippen LogP contribution is 2.27. The van der Waals surface area contributed by atoms with E-state index in [2.05, 4.69) is 21.2 Å². The van der Waals surface area contributed by atoms with Crippen LogP contribution in [0, 0.1) is 0 Å². The molecule has 1 aromatic carbocycles. The quantitative estimate of drug-likeness (QED) is 0.788. The van der Waals surface area contributed by atoms with Gasteiger partial charge in [-0.15, -0.1) is 11.3 Å². The van der Waals surface area contributed by atoms with Crippen LogP contribution in [0.25, 0.3) is 0 Å². The van der Waals surface area contributed by atoms with E-state index in [0.29, 0.717) is 5.02 Å². The Morgan fingerprint density at radius 3 is 2.62 bits per heavy atom. The van der Waals surface area contributed by atoms with E-state index in [1.165, 1.54) is 4.88 Å². The molecule has 0 saturated heterocycles. The third kappa shape index (κ3) is 3.14. The molecule has 84 valence electrons. The van der Waals surface area contributed by atoms with Gasteiger partial charge in [0.15, 0.2) is 0 Å². The summed E-state index contributed by atoms with van der Waals surface area (Å²) in [6.07, 6.45) is 0. The number of hydrogen-bond acceptors (Lipinski definition) is 2. The Morgan fingerprint density at radius 1 is 1.19 bits per heavy atom. The third-order valence-electron chi connectivity index (χ3n) is 2.02. The largest absolute Gasteiger partial charge is 0.380 e. The lowest BCUT2D eigenvalue weighted by molar-refractivity contribution is 1.19. The highest BCUT2D eigenvalue weighted by atomic mass is 79.9. The fourth-order valence-electron chi connectivity index (χ4n) is 1.24. The fourth-order valence-corrected chi connectivity index (χ4v) is 2.77. The van der Waals surface area contributed by atoms with Crippen molar-refractivity contribution in [3.8, 4) is 0 Å². The average molecular weight is 337 g/mol. The van der Waals surface area contributed by atoms with Crippen LogP contribution in [-0.2, 0) is 6.54 Å². The van der Waals surface area contributed by atoms with E-state index in [0.717, 1.165) is 21.0 Å². The molecule has 2 aromatic rings. The topological polar surface area (TPSA) is 12.0 Å². The fraction of sp³-hybridized carbons (Fsp3) is 0.0909. The lowest BCUT2D eigenvalue weighted by atomic mass is 10.3. The predicted octanol–water partition coefficient (Wildman–Crippen LogP) is 5.43. The molecule has 0 aliphatic carbocycles. The second-order valence-electron chi connectivity index (χ2n) is 3.19. The summed E-state index contributed by atoms with van der Waals surface area (Å²) >= 11 is 16.7. The normalized spacial score (nSPS) is 10.4. The average Bonchev–Trinajstić information content (AvgIpc) is 2.66. The summed E-state index contributed by atoms with van der Waals surface area (Å²) in [7, 11) is 0. The van der Waals surface area contributed by atoms with Gasteiger partial charge >= 0.3 is 0 Å². The van der Waals surface area contributed by atoms with Crippen molar-refractivity contribution in [1.82, 2.24) is 0 Å². The van der Waals surface area contributed by atoms with Crippen molar-refractivity contribution in [3.05, 3.63) is 49.0 Å². The maximum atomic E-state index is 5.91. The molecule has 0 atom stereocenters. The first-order valence-electron chi connectivity index (χ1n) is 4.58. The summed E-state index contributed by atoms with van der Waals surface area (Å²) in [4.78, 5) is 1.20. The first-order valence-corrected chi connectivity index (χ1v) is 6.95. The summed E-state index contributed by atoms with van der Waals surface area (Å²) < 4.78 is 1.71. The van der Waals surface area contributed by atoms with Gasteiger partial charge in [0.05, 0.1) is 9.36 Å². The highest BCUT2D eigenvalue weighted by Gasteiger charge is 2.00. The van der Waals surface area contributed by atoms with Gasteiger partial charge in [-0.2, -0.15) is 0 Å². The van der Waals surface area contributed by atoms with Gasteiger partial charge in [0.1, 0.15) is 0 Å². The molecule has 5 heteroatoms. The van der Waals surface area contributed by atoms with Crippen molar-refractivity contribution < 1.29 is 0 Å². The van der Waals surface area contributed by atoms with E-state index in [1.807, 2.05) is 30.3 Å². The van der Waals surface area contributed by atoms with Crippen LogP contribution in [-0.4, -0.2) is 0 Å². The number of nitrogens with one attached hydrogen (secondary N) is 1. The number of hydrogen-bond donors (Lipinski definition) is 1. The standard InChI is InChI=1S/C11H8BrCl2NS/c12-9-5-7(1-3-10(9)13)15-6-8-2-4-11(14)16-8/h1-5,15H,6H2. The van der Waals surface area contributed by atoms with Crippen LogP contribution in [0.2, 0.25) is 9.36 Å². The molecule has 0 amide bonds. The van der Waals surface area contributed by atoms with E-state index >= 15 is 0 Å². The summed E-state index contributed by atoms with van der Waals surface area (Å²) in [5, 5.41) is 4.02. The molecule has 0 radical (unpaired) electrons. The Morgan fingerprint density at radius 2 is 2.00 bits per heavy atom. The molecule has 0 unspecified atom stereocenters. The van der Waals surface area contributed by atoms with Gasteiger partial charge in [0.25, 0.3) is 0 Å². The molecular weight excluding hydrogens is 329 g/mol. The Balaban J connectivity index is 2.02. The Bertz CT molecular complexity index is 498. The molecule has 0 bridgehead atoms. The van der Waals surface area contributed by atoms with Crippen molar-refractivity contribution in [2.75, 3.05) is 5.32 Å². The van der Waals surface area contributed by atoms with E-state index in [4.69, 9.17) is 23.2 Å². The molecule has 1 N–H and O–H groups in total. The molecule has 1 aromatic heterocycles. The molecule has 0 saturated carbocycles. The lowest BCUT2D eigenvalue weighted by Gasteiger charge is -2.05. The predicted molar refractivity (Wildman–Crippen MR) is 75.8 cm³/mol.